The highest BCUT2D eigenvalue weighted by molar-refractivity contribution is 7.92. The number of nitrogens with zero attached hydrogens (tertiary/aromatic N) is 1. The number of benzene rings is 2. The third kappa shape index (κ3) is 4.74. The molecule has 3 rings (SSSR count). The lowest BCUT2D eigenvalue weighted by Gasteiger charge is -2.18. The van der Waals surface area contributed by atoms with Gasteiger partial charge in [-0.3, -0.25) is 4.72 Å². The Bertz CT molecular complexity index is 754. The molecule has 128 valence electrons. The Morgan fingerprint density at radius 2 is 1.71 bits per heavy atom. The van der Waals surface area contributed by atoms with Crippen LogP contribution in [0.2, 0.25) is 0 Å². The van der Waals surface area contributed by atoms with E-state index in [1.807, 2.05) is 54.6 Å². The summed E-state index contributed by atoms with van der Waals surface area (Å²) in [5.41, 5.74) is 2.92. The topological polar surface area (TPSA) is 49.4 Å². The molecule has 1 aliphatic rings. The molecule has 2 aromatic rings. The van der Waals surface area contributed by atoms with Gasteiger partial charge in [0.2, 0.25) is 10.0 Å². The molecule has 0 unspecified atom stereocenters. The van der Waals surface area contributed by atoms with Crippen LogP contribution in [0.15, 0.2) is 54.6 Å². The largest absolute Gasteiger partial charge is 0.371 e. The maximum Gasteiger partial charge on any atom is 0.232 e. The van der Waals surface area contributed by atoms with Crippen molar-refractivity contribution in [1.29, 1.82) is 0 Å². The quantitative estimate of drug-likeness (QED) is 0.834. The molecule has 0 radical (unpaired) electrons. The Kier molecular flexibility index (Phi) is 5.41. The second-order valence-corrected chi connectivity index (χ2v) is 8.10. The van der Waals surface area contributed by atoms with Crippen molar-refractivity contribution >= 4 is 21.4 Å². The minimum atomic E-state index is -3.31. The Hall–Kier alpha value is -2.01. The van der Waals surface area contributed by atoms with Crippen LogP contribution in [0.5, 0.6) is 0 Å². The van der Waals surface area contributed by atoms with Gasteiger partial charge in [-0.15, -0.1) is 0 Å². The molecule has 1 aliphatic heterocycles. The van der Waals surface area contributed by atoms with Gasteiger partial charge in [0.1, 0.15) is 0 Å². The molecule has 1 heterocycles. The number of nitrogens with one attached hydrogen (secondary N) is 1. The van der Waals surface area contributed by atoms with Crippen molar-refractivity contribution in [3.63, 3.8) is 0 Å². The van der Waals surface area contributed by atoms with Gasteiger partial charge >= 0.3 is 0 Å². The summed E-state index contributed by atoms with van der Waals surface area (Å²) in [4.78, 5) is 2.30. The van der Waals surface area contributed by atoms with Crippen LogP contribution in [0.1, 0.15) is 24.8 Å². The number of sulfonamides is 1. The first-order chi connectivity index (χ1) is 11.6. The molecule has 24 heavy (non-hydrogen) atoms. The Morgan fingerprint density at radius 3 is 2.46 bits per heavy atom. The molecule has 1 saturated heterocycles. The zero-order valence-corrected chi connectivity index (χ0v) is 14.6. The highest BCUT2D eigenvalue weighted by Crippen LogP contribution is 2.24. The van der Waals surface area contributed by atoms with Gasteiger partial charge in [0, 0.05) is 18.8 Å². The summed E-state index contributed by atoms with van der Waals surface area (Å²) >= 11 is 0. The fourth-order valence-electron chi connectivity index (χ4n) is 3.08. The predicted octanol–water partition coefficient (Wildman–Crippen LogP) is 3.66. The van der Waals surface area contributed by atoms with Crippen LogP contribution in [0.25, 0.3) is 0 Å². The van der Waals surface area contributed by atoms with Crippen LogP contribution >= 0.6 is 0 Å². The molecular weight excluding hydrogens is 320 g/mol. The third-order valence-electron chi connectivity index (χ3n) is 4.31. The monoisotopic (exact) mass is 344 g/mol. The predicted molar refractivity (Wildman–Crippen MR) is 100 cm³/mol. The van der Waals surface area contributed by atoms with E-state index in [1.54, 1.807) is 0 Å². The third-order valence-corrected chi connectivity index (χ3v) is 5.68. The van der Waals surface area contributed by atoms with Gasteiger partial charge in [0.15, 0.2) is 0 Å². The summed E-state index contributed by atoms with van der Waals surface area (Å²) in [7, 11) is -3.31. The van der Waals surface area contributed by atoms with Crippen molar-refractivity contribution in [1.82, 2.24) is 0 Å². The van der Waals surface area contributed by atoms with E-state index in [2.05, 4.69) is 9.62 Å². The summed E-state index contributed by atoms with van der Waals surface area (Å²) < 4.78 is 27.3. The number of rotatable bonds is 7. The Balaban J connectivity index is 1.56. The second-order valence-electron chi connectivity index (χ2n) is 6.25. The molecule has 0 amide bonds. The average Bonchev–Trinajstić information content (AvgIpc) is 3.10. The van der Waals surface area contributed by atoms with Crippen molar-refractivity contribution in [3.8, 4) is 0 Å². The van der Waals surface area contributed by atoms with E-state index >= 15 is 0 Å². The van der Waals surface area contributed by atoms with Crippen LogP contribution in [0.3, 0.4) is 0 Å². The van der Waals surface area contributed by atoms with Crippen molar-refractivity contribution in [2.45, 2.75) is 25.7 Å². The van der Waals surface area contributed by atoms with Crippen LogP contribution in [-0.2, 0) is 16.4 Å². The Labute approximate surface area is 144 Å². The highest BCUT2D eigenvalue weighted by Gasteiger charge is 2.14. The molecule has 0 bridgehead atoms. The zero-order chi connectivity index (χ0) is 16.8. The Morgan fingerprint density at radius 1 is 0.958 bits per heavy atom. The van der Waals surface area contributed by atoms with Gasteiger partial charge in [-0.2, -0.15) is 0 Å². The molecule has 4 nitrogen and oxygen atoms in total. The van der Waals surface area contributed by atoms with Gasteiger partial charge in [-0.25, -0.2) is 8.42 Å². The van der Waals surface area contributed by atoms with E-state index in [0.717, 1.165) is 25.2 Å². The molecule has 0 spiro atoms. The van der Waals surface area contributed by atoms with Crippen LogP contribution in [-0.4, -0.2) is 27.3 Å². The van der Waals surface area contributed by atoms with Crippen molar-refractivity contribution < 1.29 is 8.42 Å². The zero-order valence-electron chi connectivity index (χ0n) is 13.8. The van der Waals surface area contributed by atoms with Crippen LogP contribution < -0.4 is 9.62 Å². The molecule has 0 aromatic heterocycles. The number of aryl methyl sites for hydroxylation is 1. The average molecular weight is 344 g/mol. The molecule has 0 saturated carbocycles. The van der Waals surface area contributed by atoms with E-state index in [9.17, 15) is 8.42 Å². The molecule has 1 fully saturated rings. The van der Waals surface area contributed by atoms with Crippen LogP contribution in [0.4, 0.5) is 11.4 Å². The van der Waals surface area contributed by atoms with E-state index in [1.165, 1.54) is 18.4 Å². The number of hydrogen-bond donors (Lipinski definition) is 1. The molecule has 2 aromatic carbocycles. The molecule has 0 aliphatic carbocycles. The lowest BCUT2D eigenvalue weighted by molar-refractivity contribution is 0.598. The van der Waals surface area contributed by atoms with Crippen LogP contribution in [0, 0.1) is 0 Å². The summed E-state index contributed by atoms with van der Waals surface area (Å²) in [6, 6.07) is 17.7. The minimum absolute atomic E-state index is 0.135. The second kappa shape index (κ2) is 7.71. The van der Waals surface area contributed by atoms with Crippen molar-refractivity contribution in [3.05, 3.63) is 60.2 Å². The van der Waals surface area contributed by atoms with Gasteiger partial charge in [0.25, 0.3) is 0 Å². The van der Waals surface area contributed by atoms with E-state index in [0.29, 0.717) is 12.1 Å². The maximum atomic E-state index is 12.3. The molecule has 5 heteroatoms. The maximum absolute atomic E-state index is 12.3. The minimum Gasteiger partial charge on any atom is -0.371 e. The van der Waals surface area contributed by atoms with E-state index < -0.39 is 10.0 Å². The lowest BCUT2D eigenvalue weighted by atomic mass is 10.1. The standard InChI is InChI=1S/C19H24N2O2S/c22-24(23,15-7-10-17-8-2-1-3-9-17)20-18-11-6-12-19(16-18)21-13-4-5-14-21/h1-3,6,8-9,11-12,16,20H,4-5,7,10,13-15H2. The van der Waals surface area contributed by atoms with E-state index in [4.69, 9.17) is 0 Å². The summed E-state index contributed by atoms with van der Waals surface area (Å²) in [6.45, 7) is 2.10. The molecular formula is C19H24N2O2S. The summed E-state index contributed by atoms with van der Waals surface area (Å²) in [5.74, 6) is 0.135. The molecule has 0 atom stereocenters. The number of anilines is 2. The van der Waals surface area contributed by atoms with Gasteiger partial charge in [-0.1, -0.05) is 36.4 Å². The first-order valence-electron chi connectivity index (χ1n) is 8.52. The van der Waals surface area contributed by atoms with Crippen molar-refractivity contribution in [2.75, 3.05) is 28.5 Å². The van der Waals surface area contributed by atoms with E-state index in [-0.39, 0.29) is 5.75 Å². The lowest BCUT2D eigenvalue weighted by Crippen LogP contribution is -2.19. The SMILES string of the molecule is O=S(=O)(CCCc1ccccc1)Nc1cccc(N2CCCC2)c1. The highest BCUT2D eigenvalue weighted by atomic mass is 32.2. The van der Waals surface area contributed by atoms with Gasteiger partial charge in [-0.05, 0) is 49.4 Å². The normalized spacial score (nSPS) is 14.8. The summed E-state index contributed by atoms with van der Waals surface area (Å²) in [5, 5.41) is 0. The fraction of sp³-hybridized carbons (Fsp3) is 0.368. The first-order valence-corrected chi connectivity index (χ1v) is 10.2. The fourth-order valence-corrected chi connectivity index (χ4v) is 4.20. The summed E-state index contributed by atoms with van der Waals surface area (Å²) in [6.07, 6.45) is 3.80. The van der Waals surface area contributed by atoms with Crippen molar-refractivity contribution in [2.24, 2.45) is 0 Å². The molecule has 1 N–H and O–H groups in total. The smallest absolute Gasteiger partial charge is 0.232 e. The first kappa shape index (κ1) is 16.8. The number of hydrogen-bond acceptors (Lipinski definition) is 3. The van der Waals surface area contributed by atoms with Gasteiger partial charge < -0.3 is 4.90 Å². The van der Waals surface area contributed by atoms with Gasteiger partial charge in [0.05, 0.1) is 11.4 Å².